The molecule has 1 fully saturated rings. The predicted octanol–water partition coefficient (Wildman–Crippen LogP) is 5.42. The molecule has 0 N–H and O–H groups in total. The van der Waals surface area contributed by atoms with Gasteiger partial charge in [-0.15, -0.1) is 0 Å². The van der Waals surface area contributed by atoms with Crippen molar-refractivity contribution in [3.63, 3.8) is 0 Å². The van der Waals surface area contributed by atoms with Crippen molar-refractivity contribution in [3.8, 4) is 22.8 Å². The minimum absolute atomic E-state index is 0.216. The number of halogens is 1. The van der Waals surface area contributed by atoms with Crippen LogP contribution in [0, 0.1) is 5.82 Å². The van der Waals surface area contributed by atoms with Crippen LogP contribution < -0.4 is 9.80 Å². The second kappa shape index (κ2) is 8.59. The molecule has 1 aliphatic rings. The van der Waals surface area contributed by atoms with E-state index in [1.54, 1.807) is 0 Å². The SMILES string of the molecule is Fc1ccc(N2CCN(c3cc(-c4nc(-c5ccccc5)no4)c4ccccc4n3)CC2)cc1. The van der Waals surface area contributed by atoms with E-state index in [0.717, 1.165) is 59.7 Å². The Morgan fingerprint density at radius 2 is 1.44 bits per heavy atom. The lowest BCUT2D eigenvalue weighted by Gasteiger charge is -2.37. The molecule has 1 saturated heterocycles. The zero-order valence-electron chi connectivity index (χ0n) is 18.4. The molecular weight excluding hydrogens is 429 g/mol. The van der Waals surface area contributed by atoms with Crippen molar-refractivity contribution in [1.82, 2.24) is 15.1 Å². The fourth-order valence-corrected chi connectivity index (χ4v) is 4.38. The largest absolute Gasteiger partial charge is 0.368 e. The molecule has 0 radical (unpaired) electrons. The Morgan fingerprint density at radius 3 is 2.24 bits per heavy atom. The average molecular weight is 452 g/mol. The molecule has 34 heavy (non-hydrogen) atoms. The van der Waals surface area contributed by atoms with Gasteiger partial charge in [0.05, 0.1) is 11.1 Å². The van der Waals surface area contributed by atoms with E-state index in [-0.39, 0.29) is 5.82 Å². The van der Waals surface area contributed by atoms with E-state index in [0.29, 0.717) is 11.7 Å². The van der Waals surface area contributed by atoms with Crippen LogP contribution in [0.15, 0.2) is 89.5 Å². The first kappa shape index (κ1) is 20.4. The summed E-state index contributed by atoms with van der Waals surface area (Å²) in [5, 5.41) is 5.18. The quantitative estimate of drug-likeness (QED) is 0.364. The second-order valence-electron chi connectivity index (χ2n) is 8.28. The summed E-state index contributed by atoms with van der Waals surface area (Å²) in [6, 6.07) is 26.5. The second-order valence-corrected chi connectivity index (χ2v) is 8.28. The number of anilines is 2. The van der Waals surface area contributed by atoms with Crippen molar-refractivity contribution in [2.45, 2.75) is 0 Å². The molecule has 0 spiro atoms. The van der Waals surface area contributed by atoms with E-state index in [1.807, 2.05) is 72.8 Å². The van der Waals surface area contributed by atoms with Crippen LogP contribution in [-0.2, 0) is 0 Å². The zero-order chi connectivity index (χ0) is 22.9. The van der Waals surface area contributed by atoms with Crippen LogP contribution in [0.4, 0.5) is 15.9 Å². The molecular formula is C27H22FN5O. The normalized spacial score (nSPS) is 14.0. The molecule has 3 heterocycles. The number of nitrogens with zero attached hydrogens (tertiary/aromatic N) is 5. The van der Waals surface area contributed by atoms with Crippen molar-refractivity contribution in [1.29, 1.82) is 0 Å². The van der Waals surface area contributed by atoms with Crippen molar-refractivity contribution in [2.24, 2.45) is 0 Å². The molecule has 6 rings (SSSR count). The van der Waals surface area contributed by atoms with E-state index in [9.17, 15) is 4.39 Å². The molecule has 0 bridgehead atoms. The topological polar surface area (TPSA) is 58.3 Å². The van der Waals surface area contributed by atoms with Crippen LogP contribution in [0.2, 0.25) is 0 Å². The van der Waals surface area contributed by atoms with Crippen LogP contribution in [0.1, 0.15) is 0 Å². The third kappa shape index (κ3) is 3.85. The van der Waals surface area contributed by atoms with Gasteiger partial charge in [0.25, 0.3) is 5.89 Å². The molecule has 0 atom stereocenters. The van der Waals surface area contributed by atoms with Gasteiger partial charge in [0.15, 0.2) is 0 Å². The maximum absolute atomic E-state index is 13.3. The first-order chi connectivity index (χ1) is 16.7. The minimum atomic E-state index is -0.216. The highest BCUT2D eigenvalue weighted by atomic mass is 19.1. The smallest absolute Gasteiger partial charge is 0.259 e. The van der Waals surface area contributed by atoms with Crippen molar-refractivity contribution < 1.29 is 8.91 Å². The summed E-state index contributed by atoms with van der Waals surface area (Å²) in [5.41, 5.74) is 3.70. The molecule has 7 heteroatoms. The third-order valence-corrected chi connectivity index (χ3v) is 6.19. The maximum atomic E-state index is 13.3. The summed E-state index contributed by atoms with van der Waals surface area (Å²) in [5.74, 6) is 1.70. The predicted molar refractivity (Wildman–Crippen MR) is 131 cm³/mol. The fraction of sp³-hybridized carbons (Fsp3) is 0.148. The minimum Gasteiger partial charge on any atom is -0.368 e. The zero-order valence-corrected chi connectivity index (χ0v) is 18.4. The fourth-order valence-electron chi connectivity index (χ4n) is 4.38. The van der Waals surface area contributed by atoms with Crippen molar-refractivity contribution in [2.75, 3.05) is 36.0 Å². The van der Waals surface area contributed by atoms with E-state index >= 15 is 0 Å². The Kier molecular flexibility index (Phi) is 5.14. The van der Waals surface area contributed by atoms with Gasteiger partial charge in [-0.05, 0) is 36.4 Å². The van der Waals surface area contributed by atoms with Gasteiger partial charge in [0.1, 0.15) is 11.6 Å². The van der Waals surface area contributed by atoms with E-state index < -0.39 is 0 Å². The number of hydrogen-bond donors (Lipinski definition) is 0. The van der Waals surface area contributed by atoms with E-state index in [1.165, 1.54) is 12.1 Å². The van der Waals surface area contributed by atoms with Crippen LogP contribution >= 0.6 is 0 Å². The van der Waals surface area contributed by atoms with Crippen molar-refractivity contribution in [3.05, 3.63) is 90.7 Å². The molecule has 3 aromatic carbocycles. The monoisotopic (exact) mass is 451 g/mol. The van der Waals surface area contributed by atoms with Gasteiger partial charge in [-0.2, -0.15) is 4.98 Å². The van der Waals surface area contributed by atoms with E-state index in [4.69, 9.17) is 9.51 Å². The van der Waals surface area contributed by atoms with Gasteiger partial charge in [-0.1, -0.05) is 53.7 Å². The Bertz CT molecular complexity index is 1430. The first-order valence-corrected chi connectivity index (χ1v) is 11.3. The number of rotatable bonds is 4. The van der Waals surface area contributed by atoms with Crippen LogP contribution in [0.3, 0.4) is 0 Å². The summed E-state index contributed by atoms with van der Waals surface area (Å²) in [4.78, 5) is 14.1. The Labute approximate surface area is 196 Å². The van der Waals surface area contributed by atoms with E-state index in [2.05, 4.69) is 19.9 Å². The number of hydrogen-bond acceptors (Lipinski definition) is 6. The van der Waals surface area contributed by atoms with Gasteiger partial charge >= 0.3 is 0 Å². The van der Waals surface area contributed by atoms with Gasteiger partial charge in [-0.25, -0.2) is 9.37 Å². The van der Waals surface area contributed by atoms with Gasteiger partial charge in [0.2, 0.25) is 5.82 Å². The molecule has 6 nitrogen and oxygen atoms in total. The number of pyridine rings is 1. The Morgan fingerprint density at radius 1 is 0.735 bits per heavy atom. The summed E-state index contributed by atoms with van der Waals surface area (Å²) in [7, 11) is 0. The molecule has 0 aliphatic carbocycles. The summed E-state index contributed by atoms with van der Waals surface area (Å²) in [6.07, 6.45) is 0. The van der Waals surface area contributed by atoms with Gasteiger partial charge < -0.3 is 14.3 Å². The third-order valence-electron chi connectivity index (χ3n) is 6.19. The number of piperazine rings is 1. The first-order valence-electron chi connectivity index (χ1n) is 11.3. The van der Waals surface area contributed by atoms with Crippen LogP contribution in [-0.4, -0.2) is 41.3 Å². The van der Waals surface area contributed by atoms with Gasteiger partial charge in [-0.3, -0.25) is 0 Å². The lowest BCUT2D eigenvalue weighted by molar-refractivity contribution is 0.432. The van der Waals surface area contributed by atoms with Crippen molar-refractivity contribution >= 4 is 22.4 Å². The summed E-state index contributed by atoms with van der Waals surface area (Å²) in [6.45, 7) is 3.27. The highest BCUT2D eigenvalue weighted by Gasteiger charge is 2.21. The highest BCUT2D eigenvalue weighted by Crippen LogP contribution is 2.32. The van der Waals surface area contributed by atoms with Crippen LogP contribution in [0.5, 0.6) is 0 Å². The maximum Gasteiger partial charge on any atom is 0.259 e. The highest BCUT2D eigenvalue weighted by molar-refractivity contribution is 5.94. The Hall–Kier alpha value is -4.26. The van der Waals surface area contributed by atoms with Gasteiger partial charge in [0, 0.05) is 42.8 Å². The number of para-hydroxylation sites is 1. The van der Waals surface area contributed by atoms with Crippen LogP contribution in [0.25, 0.3) is 33.7 Å². The molecule has 168 valence electrons. The average Bonchev–Trinajstić information content (AvgIpc) is 3.39. The standard InChI is InChI=1S/C27H22FN5O/c28-20-10-12-21(13-11-20)32-14-16-33(17-15-32)25-18-23(22-8-4-5-9-24(22)29-25)27-30-26(31-34-27)19-6-2-1-3-7-19/h1-13,18H,14-17H2. The summed E-state index contributed by atoms with van der Waals surface area (Å²) >= 11 is 0. The molecule has 0 saturated carbocycles. The number of benzene rings is 3. The molecule has 1 aliphatic heterocycles. The summed E-state index contributed by atoms with van der Waals surface area (Å²) < 4.78 is 19.0. The molecule has 5 aromatic rings. The molecule has 2 aromatic heterocycles. The molecule has 0 unspecified atom stereocenters. The Balaban J connectivity index is 1.31. The lowest BCUT2D eigenvalue weighted by atomic mass is 10.1. The number of fused-ring (bicyclic) bond motifs is 1. The lowest BCUT2D eigenvalue weighted by Crippen LogP contribution is -2.46. The number of aromatic nitrogens is 3. The molecule has 0 amide bonds.